The summed E-state index contributed by atoms with van der Waals surface area (Å²) in [6.07, 6.45) is 36.5. The summed E-state index contributed by atoms with van der Waals surface area (Å²) in [6, 6.07) is -1.19. The lowest BCUT2D eigenvalue weighted by Gasteiger charge is -2.40. The highest BCUT2D eigenvalue weighted by Crippen LogP contribution is 2.23. The maximum atomic E-state index is 13.1. The van der Waals surface area contributed by atoms with Gasteiger partial charge in [0.2, 0.25) is 5.91 Å². The molecule has 9 atom stereocenters. The van der Waals surface area contributed by atoms with Crippen molar-refractivity contribution in [3.8, 4) is 0 Å². The molecule has 1 heterocycles. The predicted molar refractivity (Wildman–Crippen MR) is 247 cm³/mol. The Morgan fingerprint density at radius 3 is 1.66 bits per heavy atom. The maximum Gasteiger partial charge on any atom is 0.249 e. The summed E-state index contributed by atoms with van der Waals surface area (Å²) in [5.74, 6) is -0.718. The van der Waals surface area contributed by atoms with Crippen LogP contribution in [0.15, 0.2) is 48.6 Å². The highest BCUT2D eigenvalue weighted by molar-refractivity contribution is 5.80. The van der Waals surface area contributed by atoms with Gasteiger partial charge in [-0.15, -0.1) is 0 Å². The van der Waals surface area contributed by atoms with Crippen LogP contribution in [0.3, 0.4) is 0 Å². The van der Waals surface area contributed by atoms with E-state index in [1.165, 1.54) is 103 Å². The van der Waals surface area contributed by atoms with Gasteiger partial charge in [0.05, 0.1) is 25.4 Å². The van der Waals surface area contributed by atoms with Crippen LogP contribution in [0.2, 0.25) is 0 Å². The van der Waals surface area contributed by atoms with E-state index in [1.807, 2.05) is 19.1 Å². The average molecular weight is 866 g/mol. The Hall–Kier alpha value is -1.93. The van der Waals surface area contributed by atoms with E-state index in [-0.39, 0.29) is 12.8 Å². The summed E-state index contributed by atoms with van der Waals surface area (Å²) in [4.78, 5) is 13.1. The number of aliphatic hydroxyl groups is 7. The molecule has 11 nitrogen and oxygen atoms in total. The second kappa shape index (κ2) is 39.6. The lowest BCUT2D eigenvalue weighted by atomic mass is 9.98. The van der Waals surface area contributed by atoms with Crippen molar-refractivity contribution < 1.29 is 50.0 Å². The van der Waals surface area contributed by atoms with Crippen LogP contribution in [-0.4, -0.2) is 110 Å². The largest absolute Gasteiger partial charge is 0.394 e. The lowest BCUT2D eigenvalue weighted by Crippen LogP contribution is -2.60. The van der Waals surface area contributed by atoms with Crippen LogP contribution >= 0.6 is 0 Å². The number of nitrogens with one attached hydrogen (secondary N) is 1. The van der Waals surface area contributed by atoms with Crippen molar-refractivity contribution in [3.05, 3.63) is 48.6 Å². The summed E-state index contributed by atoms with van der Waals surface area (Å²) < 4.78 is 11.0. The van der Waals surface area contributed by atoms with Crippen molar-refractivity contribution in [1.82, 2.24) is 5.32 Å². The summed E-state index contributed by atoms with van der Waals surface area (Å²) >= 11 is 0. The Bertz CT molecular complexity index is 1130. The molecular weight excluding hydrogens is 775 g/mol. The molecule has 0 radical (unpaired) electrons. The van der Waals surface area contributed by atoms with Gasteiger partial charge in [0.1, 0.15) is 36.6 Å². The van der Waals surface area contributed by atoms with Gasteiger partial charge in [-0.05, 0) is 77.6 Å². The van der Waals surface area contributed by atoms with Gasteiger partial charge in [0, 0.05) is 0 Å². The second-order valence-electron chi connectivity index (χ2n) is 17.2. The predicted octanol–water partition coefficient (Wildman–Crippen LogP) is 8.56. The van der Waals surface area contributed by atoms with E-state index in [0.717, 1.165) is 44.9 Å². The number of carbonyl (C=O) groups is 1. The highest BCUT2D eigenvalue weighted by Gasteiger charge is 2.44. The van der Waals surface area contributed by atoms with Gasteiger partial charge in [0.15, 0.2) is 6.29 Å². The fourth-order valence-electron chi connectivity index (χ4n) is 7.61. The fourth-order valence-corrected chi connectivity index (χ4v) is 7.61. The number of allylic oxidation sites excluding steroid dienone is 8. The molecule has 0 bridgehead atoms. The molecule has 61 heavy (non-hydrogen) atoms. The molecule has 1 saturated heterocycles. The smallest absolute Gasteiger partial charge is 0.249 e. The summed E-state index contributed by atoms with van der Waals surface area (Å²) in [5, 5.41) is 75.4. The standard InChI is InChI=1S/C50H91NO10/c1-3-5-7-9-11-13-14-15-16-17-18-19-20-21-22-23-24-25-26-27-28-29-30-32-34-36-38-43(54)49(59)51-41(40-60-50-48(58)47(57)46(56)44(39-52)61-50)45(55)42(53)37-35-33-31-12-10-8-6-4-2/h4,6,12,18-19,21-22,31,41-48,50,52-58H,3,5,7-11,13-17,20,23-30,32-40H2,1-2H3,(H,51,59)/b6-4+,19-18-,22-21-,31-12+. The Morgan fingerprint density at radius 1 is 0.607 bits per heavy atom. The van der Waals surface area contributed by atoms with Crippen molar-refractivity contribution in [2.45, 2.75) is 249 Å². The number of amides is 1. The first-order chi connectivity index (χ1) is 29.7. The molecule has 0 saturated carbocycles. The molecule has 0 aromatic heterocycles. The third kappa shape index (κ3) is 29.2. The molecule has 9 unspecified atom stereocenters. The van der Waals surface area contributed by atoms with E-state index in [1.54, 1.807) is 0 Å². The van der Waals surface area contributed by atoms with Crippen LogP contribution in [-0.2, 0) is 14.3 Å². The van der Waals surface area contributed by atoms with Crippen molar-refractivity contribution in [1.29, 1.82) is 0 Å². The molecule has 1 fully saturated rings. The van der Waals surface area contributed by atoms with E-state index in [4.69, 9.17) is 9.47 Å². The third-order valence-electron chi connectivity index (χ3n) is 11.7. The minimum absolute atomic E-state index is 0.241. The molecule has 0 aromatic rings. The van der Waals surface area contributed by atoms with Gasteiger partial charge in [-0.3, -0.25) is 4.79 Å². The molecule has 1 rings (SSSR count). The van der Waals surface area contributed by atoms with E-state index in [2.05, 4.69) is 48.7 Å². The maximum absolute atomic E-state index is 13.1. The SMILES string of the molecule is C/C=C/CC/C=C/CCCC(O)C(O)C(COC1OC(CO)C(O)C(O)C1O)NC(=O)C(O)CCCCCCCCCCCC/C=C\C/C=C\CCCCCCCCCCC. The molecule has 0 aliphatic carbocycles. The number of rotatable bonds is 40. The first-order valence-corrected chi connectivity index (χ1v) is 24.5. The highest BCUT2D eigenvalue weighted by atomic mass is 16.7. The number of hydrogen-bond donors (Lipinski definition) is 8. The molecule has 1 amide bonds. The Morgan fingerprint density at radius 2 is 1.10 bits per heavy atom. The fraction of sp³-hybridized carbons (Fsp3) is 0.820. The topological polar surface area (TPSA) is 189 Å². The zero-order chi connectivity index (χ0) is 44.8. The molecule has 0 aromatic carbocycles. The van der Waals surface area contributed by atoms with Crippen molar-refractivity contribution >= 4 is 5.91 Å². The summed E-state index contributed by atoms with van der Waals surface area (Å²) in [5.41, 5.74) is 0. The van der Waals surface area contributed by atoms with Crippen LogP contribution in [0.5, 0.6) is 0 Å². The van der Waals surface area contributed by atoms with Crippen LogP contribution in [0.1, 0.15) is 194 Å². The number of ether oxygens (including phenoxy) is 2. The van der Waals surface area contributed by atoms with Crippen molar-refractivity contribution in [2.24, 2.45) is 0 Å². The molecule has 8 N–H and O–H groups in total. The Balaban J connectivity index is 2.28. The first-order valence-electron chi connectivity index (χ1n) is 24.5. The zero-order valence-electron chi connectivity index (χ0n) is 38.4. The van der Waals surface area contributed by atoms with E-state index < -0.39 is 74.2 Å². The van der Waals surface area contributed by atoms with E-state index in [9.17, 15) is 40.5 Å². The van der Waals surface area contributed by atoms with Gasteiger partial charge in [-0.2, -0.15) is 0 Å². The number of aliphatic hydroxyl groups excluding tert-OH is 7. The third-order valence-corrected chi connectivity index (χ3v) is 11.7. The summed E-state index contributed by atoms with van der Waals surface area (Å²) in [6.45, 7) is 3.16. The van der Waals surface area contributed by atoms with Crippen LogP contribution in [0.4, 0.5) is 0 Å². The Labute approximate surface area is 370 Å². The Kier molecular flexibility index (Phi) is 37.1. The monoisotopic (exact) mass is 866 g/mol. The van der Waals surface area contributed by atoms with Crippen LogP contribution in [0.25, 0.3) is 0 Å². The normalized spacial score (nSPS) is 21.9. The quantitative estimate of drug-likeness (QED) is 0.0219. The molecule has 356 valence electrons. The minimum Gasteiger partial charge on any atom is -0.394 e. The van der Waals surface area contributed by atoms with Gasteiger partial charge >= 0.3 is 0 Å². The van der Waals surface area contributed by atoms with E-state index in [0.29, 0.717) is 19.3 Å². The zero-order valence-corrected chi connectivity index (χ0v) is 38.4. The molecule has 1 aliphatic rings. The number of carbonyl (C=O) groups excluding carboxylic acids is 1. The molecule has 0 spiro atoms. The number of unbranched alkanes of at least 4 members (excludes halogenated alkanes) is 21. The van der Waals surface area contributed by atoms with Gasteiger partial charge in [0.25, 0.3) is 0 Å². The van der Waals surface area contributed by atoms with E-state index >= 15 is 0 Å². The van der Waals surface area contributed by atoms with Crippen LogP contribution in [0, 0.1) is 0 Å². The average Bonchev–Trinajstić information content (AvgIpc) is 3.26. The van der Waals surface area contributed by atoms with Crippen molar-refractivity contribution in [2.75, 3.05) is 13.2 Å². The first kappa shape index (κ1) is 57.1. The minimum atomic E-state index is -1.67. The van der Waals surface area contributed by atoms with Gasteiger partial charge in [-0.1, -0.05) is 165 Å². The van der Waals surface area contributed by atoms with Crippen LogP contribution < -0.4 is 5.32 Å². The van der Waals surface area contributed by atoms with Gasteiger partial charge in [-0.25, -0.2) is 0 Å². The van der Waals surface area contributed by atoms with Gasteiger partial charge < -0.3 is 50.5 Å². The molecule has 11 heteroatoms. The summed E-state index contributed by atoms with van der Waals surface area (Å²) in [7, 11) is 0. The number of hydrogen-bond acceptors (Lipinski definition) is 10. The lowest BCUT2D eigenvalue weighted by molar-refractivity contribution is -0.303. The molecule has 1 aliphatic heterocycles. The second-order valence-corrected chi connectivity index (χ2v) is 17.2. The van der Waals surface area contributed by atoms with Crippen molar-refractivity contribution in [3.63, 3.8) is 0 Å². The molecular formula is C50H91NO10.